The van der Waals surface area contributed by atoms with Crippen molar-refractivity contribution in [2.45, 2.75) is 25.4 Å². The molecule has 98 valence electrons. The van der Waals surface area contributed by atoms with Crippen molar-refractivity contribution in [1.29, 1.82) is 0 Å². The normalized spacial score (nSPS) is 26.2. The SMILES string of the molecule is CC1CCN(c2ccccc2)C(=O)C(CO)N1C. The van der Waals surface area contributed by atoms with E-state index in [2.05, 4.69) is 6.92 Å². The van der Waals surface area contributed by atoms with Gasteiger partial charge in [-0.1, -0.05) is 18.2 Å². The number of carbonyl (C=O) groups excluding carboxylic acids is 1. The Morgan fingerprint density at radius 1 is 1.33 bits per heavy atom. The van der Waals surface area contributed by atoms with Crippen molar-refractivity contribution in [3.8, 4) is 0 Å². The summed E-state index contributed by atoms with van der Waals surface area (Å²) in [5.74, 6) is -0.0180. The maximum Gasteiger partial charge on any atom is 0.246 e. The van der Waals surface area contributed by atoms with E-state index in [-0.39, 0.29) is 12.5 Å². The van der Waals surface area contributed by atoms with E-state index < -0.39 is 6.04 Å². The summed E-state index contributed by atoms with van der Waals surface area (Å²) in [4.78, 5) is 16.2. The van der Waals surface area contributed by atoms with Crippen LogP contribution in [0.2, 0.25) is 0 Å². The van der Waals surface area contributed by atoms with Gasteiger partial charge < -0.3 is 10.0 Å². The molecule has 0 aromatic heterocycles. The molecule has 1 saturated heterocycles. The molecule has 0 saturated carbocycles. The van der Waals surface area contributed by atoms with Gasteiger partial charge in [0, 0.05) is 18.3 Å². The summed E-state index contributed by atoms with van der Waals surface area (Å²) in [5, 5.41) is 9.45. The van der Waals surface area contributed by atoms with Crippen molar-refractivity contribution in [3.05, 3.63) is 30.3 Å². The summed E-state index contributed by atoms with van der Waals surface area (Å²) in [5.41, 5.74) is 0.906. The molecular formula is C14H20N2O2. The van der Waals surface area contributed by atoms with Crippen molar-refractivity contribution in [2.24, 2.45) is 0 Å². The minimum absolute atomic E-state index is 0.0180. The van der Waals surface area contributed by atoms with Crippen LogP contribution < -0.4 is 4.90 Å². The van der Waals surface area contributed by atoms with Gasteiger partial charge in [-0.15, -0.1) is 0 Å². The maximum absolute atomic E-state index is 12.5. The highest BCUT2D eigenvalue weighted by Crippen LogP contribution is 2.21. The van der Waals surface area contributed by atoms with Gasteiger partial charge >= 0.3 is 0 Å². The molecule has 2 atom stereocenters. The molecule has 1 fully saturated rings. The highest BCUT2D eigenvalue weighted by Gasteiger charge is 2.33. The van der Waals surface area contributed by atoms with E-state index in [4.69, 9.17) is 0 Å². The van der Waals surface area contributed by atoms with Crippen LogP contribution in [-0.2, 0) is 4.79 Å². The zero-order valence-corrected chi connectivity index (χ0v) is 10.9. The molecule has 4 heteroatoms. The average molecular weight is 248 g/mol. The van der Waals surface area contributed by atoms with Gasteiger partial charge in [0.1, 0.15) is 6.04 Å². The first-order valence-electron chi connectivity index (χ1n) is 6.34. The number of likely N-dealkylation sites (N-methyl/N-ethyl adjacent to an activating group) is 1. The molecule has 18 heavy (non-hydrogen) atoms. The van der Waals surface area contributed by atoms with Crippen LogP contribution in [0.25, 0.3) is 0 Å². The van der Waals surface area contributed by atoms with Crippen LogP contribution in [-0.4, -0.2) is 48.2 Å². The lowest BCUT2D eigenvalue weighted by molar-refractivity contribution is -0.124. The molecule has 4 nitrogen and oxygen atoms in total. The predicted octanol–water partition coefficient (Wildman–Crippen LogP) is 1.10. The van der Waals surface area contributed by atoms with Gasteiger partial charge in [0.2, 0.25) is 5.91 Å². The third-order valence-electron chi connectivity index (χ3n) is 3.75. The molecule has 2 rings (SSSR count). The number of anilines is 1. The highest BCUT2D eigenvalue weighted by atomic mass is 16.3. The lowest BCUT2D eigenvalue weighted by Gasteiger charge is -2.29. The molecule has 0 bridgehead atoms. The van der Waals surface area contributed by atoms with E-state index in [1.54, 1.807) is 4.90 Å². The Kier molecular flexibility index (Phi) is 3.99. The average Bonchev–Trinajstić information content (AvgIpc) is 2.50. The summed E-state index contributed by atoms with van der Waals surface area (Å²) in [6.45, 7) is 2.65. The van der Waals surface area contributed by atoms with E-state index in [9.17, 15) is 9.90 Å². The fraction of sp³-hybridized carbons (Fsp3) is 0.500. The standard InChI is InChI=1S/C14H20N2O2/c1-11-8-9-16(12-6-4-3-5-7-12)14(18)13(10-17)15(11)2/h3-7,11,13,17H,8-10H2,1-2H3. The van der Waals surface area contributed by atoms with Gasteiger partial charge in [-0.2, -0.15) is 0 Å². The maximum atomic E-state index is 12.5. The first-order valence-corrected chi connectivity index (χ1v) is 6.34. The molecule has 1 aliphatic rings. The van der Waals surface area contributed by atoms with Crippen LogP contribution in [0, 0.1) is 0 Å². The molecular weight excluding hydrogens is 228 g/mol. The number of para-hydroxylation sites is 1. The molecule has 1 N–H and O–H groups in total. The minimum atomic E-state index is -0.442. The van der Waals surface area contributed by atoms with E-state index in [0.717, 1.165) is 12.1 Å². The number of amides is 1. The third kappa shape index (κ3) is 2.40. The van der Waals surface area contributed by atoms with Gasteiger partial charge in [-0.25, -0.2) is 0 Å². The van der Waals surface area contributed by atoms with Crippen molar-refractivity contribution >= 4 is 11.6 Å². The Morgan fingerprint density at radius 2 is 2.00 bits per heavy atom. The Morgan fingerprint density at radius 3 is 2.61 bits per heavy atom. The quantitative estimate of drug-likeness (QED) is 0.852. The van der Waals surface area contributed by atoms with Gasteiger partial charge in [0.15, 0.2) is 0 Å². The molecule has 0 aliphatic carbocycles. The first-order chi connectivity index (χ1) is 8.65. The second-order valence-electron chi connectivity index (χ2n) is 4.83. The lowest BCUT2D eigenvalue weighted by atomic mass is 10.2. The zero-order valence-electron chi connectivity index (χ0n) is 10.9. The predicted molar refractivity (Wildman–Crippen MR) is 71.5 cm³/mol. The zero-order chi connectivity index (χ0) is 13.1. The number of benzene rings is 1. The van der Waals surface area contributed by atoms with E-state index >= 15 is 0 Å². The Balaban J connectivity index is 2.29. The van der Waals surface area contributed by atoms with E-state index in [1.807, 2.05) is 42.3 Å². The Labute approximate surface area is 108 Å². The summed E-state index contributed by atoms with van der Waals surface area (Å²) in [7, 11) is 1.90. The van der Waals surface area contributed by atoms with Gasteiger partial charge in [-0.3, -0.25) is 9.69 Å². The molecule has 1 aromatic rings. The van der Waals surface area contributed by atoms with E-state index in [0.29, 0.717) is 12.6 Å². The second kappa shape index (κ2) is 5.50. The van der Waals surface area contributed by atoms with Crippen LogP contribution in [0.3, 0.4) is 0 Å². The second-order valence-corrected chi connectivity index (χ2v) is 4.83. The van der Waals surface area contributed by atoms with Gasteiger partial charge in [-0.05, 0) is 32.5 Å². The summed E-state index contributed by atoms with van der Waals surface area (Å²) >= 11 is 0. The number of hydrogen-bond donors (Lipinski definition) is 1. The van der Waals surface area contributed by atoms with Crippen molar-refractivity contribution < 1.29 is 9.90 Å². The molecule has 1 amide bonds. The number of aliphatic hydroxyl groups is 1. The third-order valence-corrected chi connectivity index (χ3v) is 3.75. The van der Waals surface area contributed by atoms with Crippen LogP contribution in [0.1, 0.15) is 13.3 Å². The van der Waals surface area contributed by atoms with Crippen LogP contribution in [0.15, 0.2) is 30.3 Å². The smallest absolute Gasteiger partial charge is 0.246 e. The Bertz CT molecular complexity index is 408. The monoisotopic (exact) mass is 248 g/mol. The van der Waals surface area contributed by atoms with Crippen LogP contribution >= 0.6 is 0 Å². The van der Waals surface area contributed by atoms with Crippen molar-refractivity contribution in [2.75, 3.05) is 25.1 Å². The van der Waals surface area contributed by atoms with Gasteiger partial charge in [0.05, 0.1) is 6.61 Å². The number of rotatable bonds is 2. The number of carbonyl (C=O) groups is 1. The van der Waals surface area contributed by atoms with Gasteiger partial charge in [0.25, 0.3) is 0 Å². The van der Waals surface area contributed by atoms with E-state index in [1.165, 1.54) is 0 Å². The summed E-state index contributed by atoms with van der Waals surface area (Å²) in [6.07, 6.45) is 0.910. The fourth-order valence-corrected chi connectivity index (χ4v) is 2.36. The lowest BCUT2D eigenvalue weighted by Crippen LogP contribution is -2.48. The van der Waals surface area contributed by atoms with Crippen molar-refractivity contribution in [3.63, 3.8) is 0 Å². The molecule has 0 spiro atoms. The minimum Gasteiger partial charge on any atom is -0.394 e. The number of nitrogens with zero attached hydrogens (tertiary/aromatic N) is 2. The van der Waals surface area contributed by atoms with Crippen molar-refractivity contribution in [1.82, 2.24) is 4.90 Å². The fourth-order valence-electron chi connectivity index (χ4n) is 2.36. The van der Waals surface area contributed by atoms with Crippen LogP contribution in [0.5, 0.6) is 0 Å². The largest absolute Gasteiger partial charge is 0.394 e. The molecule has 1 aliphatic heterocycles. The van der Waals surface area contributed by atoms with Crippen LogP contribution in [0.4, 0.5) is 5.69 Å². The number of hydrogen-bond acceptors (Lipinski definition) is 3. The molecule has 1 aromatic carbocycles. The highest BCUT2D eigenvalue weighted by molar-refractivity contribution is 5.97. The summed E-state index contributed by atoms with van der Waals surface area (Å²) in [6, 6.07) is 9.50. The number of aliphatic hydroxyl groups excluding tert-OH is 1. The summed E-state index contributed by atoms with van der Waals surface area (Å²) < 4.78 is 0. The first kappa shape index (κ1) is 13.1. The molecule has 1 heterocycles. The molecule has 0 radical (unpaired) electrons. The topological polar surface area (TPSA) is 43.8 Å². The Hall–Kier alpha value is -1.39. The molecule has 2 unspecified atom stereocenters.